The third-order valence-corrected chi connectivity index (χ3v) is 5.68. The van der Waals surface area contributed by atoms with Gasteiger partial charge in [-0.1, -0.05) is 13.8 Å². The molecule has 1 fully saturated rings. The van der Waals surface area contributed by atoms with Gasteiger partial charge in [0.15, 0.2) is 0 Å². The molecule has 1 saturated heterocycles. The van der Waals surface area contributed by atoms with Crippen molar-refractivity contribution in [3.05, 3.63) is 47.4 Å². The molecule has 3 N–H and O–H groups in total. The summed E-state index contributed by atoms with van der Waals surface area (Å²) in [7, 11) is 0. The summed E-state index contributed by atoms with van der Waals surface area (Å²) in [6, 6.07) is 5.56. The second-order valence-electron chi connectivity index (χ2n) is 8.84. The van der Waals surface area contributed by atoms with Crippen LogP contribution in [0.25, 0.3) is 5.57 Å². The van der Waals surface area contributed by atoms with E-state index in [4.69, 9.17) is 4.74 Å². The predicted molar refractivity (Wildman–Crippen MR) is 120 cm³/mol. The molecule has 3 heterocycles. The molecule has 1 aromatic heterocycles. The van der Waals surface area contributed by atoms with Crippen molar-refractivity contribution in [3.8, 4) is 0 Å². The third kappa shape index (κ3) is 4.20. The van der Waals surface area contributed by atoms with E-state index in [1.54, 1.807) is 24.4 Å². The minimum absolute atomic E-state index is 0.00526. The molecule has 0 unspecified atom stereocenters. The lowest BCUT2D eigenvalue weighted by molar-refractivity contribution is -0.110. The fraction of sp³-hybridized carbons (Fsp3) is 0.435. The van der Waals surface area contributed by atoms with Crippen molar-refractivity contribution >= 4 is 28.8 Å². The van der Waals surface area contributed by atoms with Crippen molar-refractivity contribution in [1.82, 2.24) is 15.1 Å². The van der Waals surface area contributed by atoms with Crippen LogP contribution in [-0.4, -0.2) is 41.4 Å². The summed E-state index contributed by atoms with van der Waals surface area (Å²) in [5.74, 6) is -0.328. The van der Waals surface area contributed by atoms with Crippen molar-refractivity contribution in [2.75, 3.05) is 30.4 Å². The largest absolute Gasteiger partial charge is 0.380 e. The molecule has 2 amide bonds. The van der Waals surface area contributed by atoms with Gasteiger partial charge in [0.05, 0.1) is 30.7 Å². The molecule has 1 aromatic carbocycles. The molecule has 0 aliphatic carbocycles. The molecule has 0 atom stereocenters. The highest BCUT2D eigenvalue weighted by Crippen LogP contribution is 2.36. The molecule has 4 rings (SSSR count). The average Bonchev–Trinajstić information content (AvgIpc) is 3.32. The maximum Gasteiger partial charge on any atom is 0.258 e. The Hall–Kier alpha value is -3.13. The number of fused-ring (bicyclic) bond motifs is 1. The van der Waals surface area contributed by atoms with Crippen LogP contribution in [0.3, 0.4) is 0 Å². The second-order valence-corrected chi connectivity index (χ2v) is 8.84. The van der Waals surface area contributed by atoms with E-state index in [-0.39, 0.29) is 23.3 Å². The van der Waals surface area contributed by atoms with Crippen LogP contribution >= 0.6 is 0 Å². The molecule has 0 saturated carbocycles. The van der Waals surface area contributed by atoms with E-state index in [9.17, 15) is 9.59 Å². The Bertz CT molecular complexity index is 1050. The lowest BCUT2D eigenvalue weighted by Crippen LogP contribution is -2.48. The van der Waals surface area contributed by atoms with Gasteiger partial charge in [0.1, 0.15) is 0 Å². The molecule has 164 valence electrons. The maximum atomic E-state index is 12.8. The van der Waals surface area contributed by atoms with Gasteiger partial charge in [-0.3, -0.25) is 14.3 Å². The summed E-state index contributed by atoms with van der Waals surface area (Å²) in [5.41, 5.74) is 4.14. The van der Waals surface area contributed by atoms with Crippen molar-refractivity contribution in [3.63, 3.8) is 0 Å². The molecule has 2 aliphatic heterocycles. The van der Waals surface area contributed by atoms with Crippen LogP contribution in [0, 0.1) is 5.41 Å². The number of hydrogen-bond acceptors (Lipinski definition) is 5. The van der Waals surface area contributed by atoms with Gasteiger partial charge in [0.2, 0.25) is 0 Å². The first-order valence-corrected chi connectivity index (χ1v) is 10.7. The van der Waals surface area contributed by atoms with Crippen LogP contribution < -0.4 is 16.0 Å². The zero-order chi connectivity index (χ0) is 22.2. The Morgan fingerprint density at radius 3 is 2.74 bits per heavy atom. The van der Waals surface area contributed by atoms with Gasteiger partial charge in [-0.05, 0) is 38.5 Å². The van der Waals surface area contributed by atoms with E-state index in [0.717, 1.165) is 16.9 Å². The zero-order valence-electron chi connectivity index (χ0n) is 18.4. The number of carbonyl (C=O) groups excluding carboxylic acids is 2. The molecule has 8 nitrogen and oxygen atoms in total. The predicted octanol–water partition coefficient (Wildman–Crippen LogP) is 3.42. The second kappa shape index (κ2) is 8.19. The number of nitrogens with zero attached hydrogens (tertiary/aromatic N) is 2. The van der Waals surface area contributed by atoms with Gasteiger partial charge in [-0.25, -0.2) is 0 Å². The number of anilines is 2. The van der Waals surface area contributed by atoms with E-state index in [0.29, 0.717) is 43.0 Å². The Morgan fingerprint density at radius 1 is 1.35 bits per heavy atom. The fourth-order valence-corrected chi connectivity index (χ4v) is 3.74. The first-order valence-electron chi connectivity index (χ1n) is 10.7. The van der Waals surface area contributed by atoms with Gasteiger partial charge < -0.3 is 20.7 Å². The normalized spacial score (nSPS) is 18.3. The number of allylic oxidation sites excluding steroid dienone is 1. The quantitative estimate of drug-likeness (QED) is 0.593. The Morgan fingerprint density at radius 2 is 2.13 bits per heavy atom. The van der Waals surface area contributed by atoms with Crippen LogP contribution in [0.5, 0.6) is 0 Å². The first kappa shape index (κ1) is 21.1. The number of carbonyl (C=O) groups is 2. The van der Waals surface area contributed by atoms with Crippen molar-refractivity contribution in [1.29, 1.82) is 0 Å². The fourth-order valence-electron chi connectivity index (χ4n) is 3.74. The van der Waals surface area contributed by atoms with E-state index in [1.165, 1.54) is 0 Å². The van der Waals surface area contributed by atoms with Gasteiger partial charge in [0, 0.05) is 46.7 Å². The lowest BCUT2D eigenvalue weighted by Gasteiger charge is -2.38. The van der Waals surface area contributed by atoms with Gasteiger partial charge in [-0.2, -0.15) is 5.10 Å². The summed E-state index contributed by atoms with van der Waals surface area (Å²) in [4.78, 5) is 25.5. The van der Waals surface area contributed by atoms with Crippen molar-refractivity contribution in [2.45, 2.75) is 40.2 Å². The number of hydrogen-bond donors (Lipinski definition) is 3. The van der Waals surface area contributed by atoms with Crippen molar-refractivity contribution in [2.24, 2.45) is 5.41 Å². The molecular weight excluding hydrogens is 394 g/mol. The van der Waals surface area contributed by atoms with E-state index in [2.05, 4.69) is 41.8 Å². The number of nitrogens with one attached hydrogen (secondary N) is 3. The van der Waals surface area contributed by atoms with Crippen LogP contribution in [0.4, 0.5) is 11.4 Å². The molecule has 31 heavy (non-hydrogen) atoms. The zero-order valence-corrected chi connectivity index (χ0v) is 18.4. The lowest BCUT2D eigenvalue weighted by atomic mass is 9.88. The molecule has 2 aromatic rings. The molecular formula is C23H29N5O3. The van der Waals surface area contributed by atoms with Gasteiger partial charge in [-0.15, -0.1) is 0 Å². The topological polar surface area (TPSA) is 97.3 Å². The van der Waals surface area contributed by atoms with Crippen LogP contribution in [0.2, 0.25) is 0 Å². The smallest absolute Gasteiger partial charge is 0.258 e. The van der Waals surface area contributed by atoms with Gasteiger partial charge >= 0.3 is 0 Å². The summed E-state index contributed by atoms with van der Waals surface area (Å²) < 4.78 is 7.11. The number of ether oxygens (including phenoxy) is 1. The molecule has 8 heteroatoms. The highest BCUT2D eigenvalue weighted by atomic mass is 16.5. The number of benzene rings is 1. The maximum absolute atomic E-state index is 12.8. The summed E-state index contributed by atoms with van der Waals surface area (Å²) in [5, 5.41) is 13.6. The highest BCUT2D eigenvalue weighted by Gasteiger charge is 2.34. The minimum atomic E-state index is -0.174. The summed E-state index contributed by atoms with van der Waals surface area (Å²) >= 11 is 0. The van der Waals surface area contributed by atoms with Gasteiger partial charge in [0.25, 0.3) is 11.8 Å². The Labute approximate surface area is 182 Å². The minimum Gasteiger partial charge on any atom is -0.380 e. The van der Waals surface area contributed by atoms with E-state index < -0.39 is 0 Å². The Kier molecular flexibility index (Phi) is 5.58. The number of aromatic nitrogens is 2. The Balaban J connectivity index is 1.60. The molecule has 0 radical (unpaired) electrons. The first-order chi connectivity index (χ1) is 14.8. The highest BCUT2D eigenvalue weighted by molar-refractivity contribution is 6.32. The average molecular weight is 424 g/mol. The van der Waals surface area contributed by atoms with E-state index >= 15 is 0 Å². The summed E-state index contributed by atoms with van der Waals surface area (Å²) in [6.45, 7) is 10.1. The number of amides is 2. The van der Waals surface area contributed by atoms with Crippen LogP contribution in [0.1, 0.15) is 56.1 Å². The molecule has 0 bridgehead atoms. The van der Waals surface area contributed by atoms with E-state index in [1.807, 2.05) is 17.8 Å². The SMILES string of the molecule is CC/C(Nc1cnn(C(C)C)c1)=C1/C(=O)Nc2ccc(C(=O)NCC3(C)COC3)cc21. The van der Waals surface area contributed by atoms with Crippen LogP contribution in [-0.2, 0) is 9.53 Å². The third-order valence-electron chi connectivity index (χ3n) is 5.68. The number of rotatable bonds is 7. The van der Waals surface area contributed by atoms with Crippen LogP contribution in [0.15, 0.2) is 36.3 Å². The monoisotopic (exact) mass is 423 g/mol. The summed E-state index contributed by atoms with van der Waals surface area (Å²) in [6.07, 6.45) is 4.30. The molecule has 0 spiro atoms. The van der Waals surface area contributed by atoms with Crippen molar-refractivity contribution < 1.29 is 14.3 Å². The standard InChI is InChI=1S/C23H29N5O3/c1-5-18(26-16-9-25-28(10-16)14(2)3)20-17-8-15(6-7-19(17)27-22(20)30)21(29)24-11-23(4)12-31-13-23/h6-10,14,26H,5,11-13H2,1-4H3,(H,24,29)(H,27,30)/b20-18-. The molecule has 2 aliphatic rings.